The van der Waals surface area contributed by atoms with Crippen molar-refractivity contribution in [1.82, 2.24) is 0 Å². The zero-order valence-electron chi connectivity index (χ0n) is 7.42. The Balaban J connectivity index is 1.94. The molecule has 2 fully saturated rings. The Bertz CT molecular complexity index is 155. The molecule has 2 atom stereocenters. The zero-order chi connectivity index (χ0) is 8.44. The molecule has 0 saturated carbocycles. The van der Waals surface area contributed by atoms with Gasteiger partial charge in [0.2, 0.25) is 0 Å². The number of nitrogens with two attached hydrogens (primary N) is 1. The first-order chi connectivity index (χ1) is 5.85. The van der Waals surface area contributed by atoms with Gasteiger partial charge in [-0.25, -0.2) is 0 Å². The van der Waals surface area contributed by atoms with Gasteiger partial charge in [0.25, 0.3) is 0 Å². The fourth-order valence-corrected chi connectivity index (χ4v) is 2.18. The van der Waals surface area contributed by atoms with Crippen LogP contribution < -0.4 is 5.73 Å². The summed E-state index contributed by atoms with van der Waals surface area (Å²) in [6.07, 6.45) is 4.82. The molecule has 3 nitrogen and oxygen atoms in total. The van der Waals surface area contributed by atoms with Gasteiger partial charge in [-0.2, -0.15) is 0 Å². The summed E-state index contributed by atoms with van der Waals surface area (Å²) >= 11 is 0. The van der Waals surface area contributed by atoms with Gasteiger partial charge in [0, 0.05) is 13.2 Å². The summed E-state index contributed by atoms with van der Waals surface area (Å²) in [7, 11) is 0. The zero-order valence-corrected chi connectivity index (χ0v) is 7.42. The second-order valence-corrected chi connectivity index (χ2v) is 3.85. The Labute approximate surface area is 73.2 Å². The Morgan fingerprint density at radius 2 is 2.33 bits per heavy atom. The lowest BCUT2D eigenvalue weighted by Gasteiger charge is -2.33. The van der Waals surface area contributed by atoms with Crippen molar-refractivity contribution in [3.8, 4) is 0 Å². The van der Waals surface area contributed by atoms with E-state index in [-0.39, 0.29) is 11.7 Å². The normalized spacial score (nSPS) is 42.2. The van der Waals surface area contributed by atoms with Crippen molar-refractivity contribution in [3.63, 3.8) is 0 Å². The molecule has 2 aliphatic heterocycles. The third-order valence-electron chi connectivity index (χ3n) is 2.89. The van der Waals surface area contributed by atoms with E-state index < -0.39 is 0 Å². The van der Waals surface area contributed by atoms with E-state index in [4.69, 9.17) is 15.2 Å². The molecule has 0 amide bonds. The van der Waals surface area contributed by atoms with Gasteiger partial charge in [0.1, 0.15) is 0 Å². The molecular formula is C9H17NO2. The van der Waals surface area contributed by atoms with Crippen LogP contribution >= 0.6 is 0 Å². The molecule has 0 aromatic heterocycles. The lowest BCUT2D eigenvalue weighted by atomic mass is 9.93. The summed E-state index contributed by atoms with van der Waals surface area (Å²) < 4.78 is 11.3. The molecule has 70 valence electrons. The van der Waals surface area contributed by atoms with E-state index in [1.807, 2.05) is 0 Å². The van der Waals surface area contributed by atoms with Crippen LogP contribution in [-0.4, -0.2) is 31.5 Å². The average molecular weight is 171 g/mol. The van der Waals surface area contributed by atoms with Crippen molar-refractivity contribution < 1.29 is 9.47 Å². The molecule has 2 rings (SSSR count). The summed E-state index contributed by atoms with van der Waals surface area (Å²) in [6.45, 7) is 2.34. The highest BCUT2D eigenvalue weighted by atomic mass is 16.6. The SMILES string of the molecule is NCC1CCC2(CCCOC2)O1. The fraction of sp³-hybridized carbons (Fsp3) is 1.00. The molecule has 12 heavy (non-hydrogen) atoms. The van der Waals surface area contributed by atoms with Crippen LogP contribution in [-0.2, 0) is 9.47 Å². The topological polar surface area (TPSA) is 44.5 Å². The summed E-state index contributed by atoms with van der Waals surface area (Å²) in [5.74, 6) is 0. The van der Waals surface area contributed by atoms with E-state index in [1.54, 1.807) is 0 Å². The van der Waals surface area contributed by atoms with Crippen LogP contribution in [0, 0.1) is 0 Å². The van der Waals surface area contributed by atoms with E-state index in [0.717, 1.165) is 38.9 Å². The molecule has 2 heterocycles. The molecular weight excluding hydrogens is 154 g/mol. The Kier molecular flexibility index (Phi) is 2.35. The predicted octanol–water partition coefficient (Wildman–Crippen LogP) is 0.673. The molecule has 0 aliphatic carbocycles. The van der Waals surface area contributed by atoms with Gasteiger partial charge in [0.15, 0.2) is 0 Å². The summed E-state index contributed by atoms with van der Waals surface area (Å²) in [5.41, 5.74) is 5.60. The molecule has 0 aromatic rings. The molecule has 3 heteroatoms. The van der Waals surface area contributed by atoms with E-state index in [9.17, 15) is 0 Å². The Morgan fingerprint density at radius 1 is 1.42 bits per heavy atom. The van der Waals surface area contributed by atoms with Gasteiger partial charge >= 0.3 is 0 Å². The van der Waals surface area contributed by atoms with Crippen LogP contribution in [0.3, 0.4) is 0 Å². The quantitative estimate of drug-likeness (QED) is 0.630. The number of hydrogen-bond donors (Lipinski definition) is 1. The first-order valence-electron chi connectivity index (χ1n) is 4.80. The van der Waals surface area contributed by atoms with Crippen LogP contribution in [0.25, 0.3) is 0 Å². The molecule has 2 aliphatic rings. The molecule has 0 aromatic carbocycles. The van der Waals surface area contributed by atoms with Crippen molar-refractivity contribution in [3.05, 3.63) is 0 Å². The van der Waals surface area contributed by atoms with E-state index in [2.05, 4.69) is 0 Å². The van der Waals surface area contributed by atoms with Crippen LogP contribution in [0.1, 0.15) is 25.7 Å². The minimum atomic E-state index is 0.0439. The first kappa shape index (κ1) is 8.48. The van der Waals surface area contributed by atoms with Crippen molar-refractivity contribution >= 4 is 0 Å². The third kappa shape index (κ3) is 1.49. The van der Waals surface area contributed by atoms with Crippen molar-refractivity contribution in [2.24, 2.45) is 5.73 Å². The van der Waals surface area contributed by atoms with E-state index in [1.165, 1.54) is 0 Å². The van der Waals surface area contributed by atoms with Gasteiger partial charge in [-0.15, -0.1) is 0 Å². The second-order valence-electron chi connectivity index (χ2n) is 3.85. The van der Waals surface area contributed by atoms with Crippen LogP contribution in [0.2, 0.25) is 0 Å². The molecule has 0 radical (unpaired) electrons. The lowest BCUT2D eigenvalue weighted by Crippen LogP contribution is -2.39. The molecule has 2 saturated heterocycles. The number of ether oxygens (including phenoxy) is 2. The monoisotopic (exact) mass is 171 g/mol. The second kappa shape index (κ2) is 3.32. The molecule has 2 N–H and O–H groups in total. The molecule has 2 unspecified atom stereocenters. The van der Waals surface area contributed by atoms with Crippen LogP contribution in [0.5, 0.6) is 0 Å². The standard InChI is InChI=1S/C9H17NO2/c10-6-8-2-4-9(12-8)3-1-5-11-7-9/h8H,1-7,10H2. The van der Waals surface area contributed by atoms with Gasteiger partial charge in [-0.05, 0) is 25.7 Å². The highest BCUT2D eigenvalue weighted by molar-refractivity contribution is 4.90. The number of rotatable bonds is 1. The minimum Gasteiger partial charge on any atom is -0.378 e. The summed E-state index contributed by atoms with van der Waals surface area (Å²) in [4.78, 5) is 0. The number of hydrogen-bond acceptors (Lipinski definition) is 3. The molecule has 1 spiro atoms. The Morgan fingerprint density at radius 3 is 2.92 bits per heavy atom. The highest BCUT2D eigenvalue weighted by Gasteiger charge is 2.40. The fourth-order valence-electron chi connectivity index (χ4n) is 2.18. The maximum Gasteiger partial charge on any atom is 0.0921 e. The van der Waals surface area contributed by atoms with Crippen molar-refractivity contribution in [2.45, 2.75) is 37.4 Å². The largest absolute Gasteiger partial charge is 0.378 e. The maximum absolute atomic E-state index is 5.89. The van der Waals surface area contributed by atoms with Crippen LogP contribution in [0.4, 0.5) is 0 Å². The lowest BCUT2D eigenvalue weighted by molar-refractivity contribution is -0.118. The van der Waals surface area contributed by atoms with Crippen molar-refractivity contribution in [2.75, 3.05) is 19.8 Å². The summed E-state index contributed by atoms with van der Waals surface area (Å²) in [6, 6.07) is 0. The maximum atomic E-state index is 5.89. The average Bonchev–Trinajstić information content (AvgIpc) is 2.50. The minimum absolute atomic E-state index is 0.0439. The smallest absolute Gasteiger partial charge is 0.0921 e. The van der Waals surface area contributed by atoms with E-state index in [0.29, 0.717) is 6.54 Å². The van der Waals surface area contributed by atoms with Gasteiger partial charge in [-0.1, -0.05) is 0 Å². The first-order valence-corrected chi connectivity index (χ1v) is 4.80. The van der Waals surface area contributed by atoms with Gasteiger partial charge in [0.05, 0.1) is 18.3 Å². The third-order valence-corrected chi connectivity index (χ3v) is 2.89. The molecule has 0 bridgehead atoms. The predicted molar refractivity (Wildman–Crippen MR) is 45.9 cm³/mol. The van der Waals surface area contributed by atoms with Gasteiger partial charge < -0.3 is 15.2 Å². The summed E-state index contributed by atoms with van der Waals surface area (Å²) in [5, 5.41) is 0. The van der Waals surface area contributed by atoms with Crippen LogP contribution in [0.15, 0.2) is 0 Å². The van der Waals surface area contributed by atoms with Crippen molar-refractivity contribution in [1.29, 1.82) is 0 Å². The van der Waals surface area contributed by atoms with E-state index >= 15 is 0 Å². The Hall–Kier alpha value is -0.120. The van der Waals surface area contributed by atoms with Gasteiger partial charge in [-0.3, -0.25) is 0 Å². The highest BCUT2D eigenvalue weighted by Crippen LogP contribution is 2.36.